The lowest BCUT2D eigenvalue weighted by molar-refractivity contribution is 0.598. The van der Waals surface area contributed by atoms with E-state index in [2.05, 4.69) is 15.2 Å². The van der Waals surface area contributed by atoms with E-state index in [0.29, 0.717) is 22.1 Å². The monoisotopic (exact) mass is 403 g/mol. The summed E-state index contributed by atoms with van der Waals surface area (Å²) in [4.78, 5) is 4.34. The summed E-state index contributed by atoms with van der Waals surface area (Å²) >= 11 is 0. The normalized spacial score (nSPS) is 11.9. The molecule has 0 atom stereocenters. The highest BCUT2D eigenvalue weighted by atomic mass is 32.2. The number of hydrogen-bond acceptors (Lipinski definition) is 6. The van der Waals surface area contributed by atoms with Crippen LogP contribution < -0.4 is 10.9 Å². The van der Waals surface area contributed by atoms with Crippen LogP contribution in [0.3, 0.4) is 0 Å². The molecule has 4 rings (SSSR count). The Labute approximate surface area is 167 Å². The number of pyridine rings is 1. The number of nitrogens with two attached hydrogens (primary N) is 2. The zero-order chi connectivity index (χ0) is 20.4. The molecule has 29 heavy (non-hydrogen) atoms. The van der Waals surface area contributed by atoms with Gasteiger partial charge in [-0.3, -0.25) is 4.98 Å². The van der Waals surface area contributed by atoms with Crippen LogP contribution in [-0.2, 0) is 10.0 Å². The van der Waals surface area contributed by atoms with Gasteiger partial charge < -0.3 is 5.73 Å². The van der Waals surface area contributed by atoms with Gasteiger partial charge in [0.1, 0.15) is 11.4 Å². The van der Waals surface area contributed by atoms with E-state index in [-0.39, 0.29) is 10.6 Å². The Morgan fingerprint density at radius 2 is 1.52 bits per heavy atom. The lowest BCUT2D eigenvalue weighted by Crippen LogP contribution is -2.13. The Balaban J connectivity index is 1.72. The number of fused-ring (bicyclic) bond motifs is 1. The fraction of sp³-hybridized carbons (Fsp3) is 0. The number of benzene rings is 3. The molecule has 4 aromatic rings. The highest BCUT2D eigenvalue weighted by Gasteiger charge is 2.17. The molecule has 0 unspecified atom stereocenters. The van der Waals surface area contributed by atoms with Gasteiger partial charge in [0.15, 0.2) is 0 Å². The van der Waals surface area contributed by atoms with Crippen molar-refractivity contribution in [2.75, 3.05) is 5.73 Å². The number of rotatable bonds is 4. The third-order valence-corrected chi connectivity index (χ3v) is 5.37. The Hall–Kier alpha value is -3.62. The van der Waals surface area contributed by atoms with Crippen LogP contribution in [0.25, 0.3) is 22.0 Å². The molecule has 0 radical (unpaired) electrons. The summed E-state index contributed by atoms with van der Waals surface area (Å²) in [5.41, 5.74) is 9.05. The van der Waals surface area contributed by atoms with Gasteiger partial charge in [0.2, 0.25) is 10.0 Å². The average molecular weight is 403 g/mol. The molecule has 0 fully saturated rings. The highest BCUT2D eigenvalue weighted by molar-refractivity contribution is 7.89. The maximum Gasteiger partial charge on any atom is 0.238 e. The molecule has 1 aromatic heterocycles. The smallest absolute Gasteiger partial charge is 0.238 e. The topological polar surface area (TPSA) is 124 Å². The van der Waals surface area contributed by atoms with Gasteiger partial charge in [0.25, 0.3) is 0 Å². The molecule has 0 aliphatic carbocycles. The molecule has 4 N–H and O–H groups in total. The second-order valence-corrected chi connectivity index (χ2v) is 7.90. The number of aromatic nitrogens is 1. The largest absolute Gasteiger partial charge is 0.396 e. The molecular formula is C21H17N5O2S. The van der Waals surface area contributed by atoms with E-state index in [4.69, 9.17) is 10.9 Å². The van der Waals surface area contributed by atoms with Crippen molar-refractivity contribution in [3.05, 3.63) is 79.0 Å². The summed E-state index contributed by atoms with van der Waals surface area (Å²) < 4.78 is 24.0. The summed E-state index contributed by atoms with van der Waals surface area (Å²) in [6.07, 6.45) is 1.59. The predicted octanol–water partition coefficient (Wildman–Crippen LogP) is 4.55. The number of azo groups is 1. The van der Waals surface area contributed by atoms with E-state index in [1.165, 1.54) is 6.07 Å². The number of hydrogen-bond donors (Lipinski definition) is 2. The molecule has 0 spiro atoms. The van der Waals surface area contributed by atoms with Gasteiger partial charge in [-0.2, -0.15) is 0 Å². The lowest BCUT2D eigenvalue weighted by atomic mass is 10.1. The minimum absolute atomic E-state index is 0.0474. The van der Waals surface area contributed by atoms with Crippen LogP contribution in [0.5, 0.6) is 0 Å². The van der Waals surface area contributed by atoms with Gasteiger partial charge in [0.05, 0.1) is 22.5 Å². The van der Waals surface area contributed by atoms with Crippen molar-refractivity contribution < 1.29 is 8.42 Å². The number of sulfonamides is 1. The minimum Gasteiger partial charge on any atom is -0.396 e. The van der Waals surface area contributed by atoms with Crippen molar-refractivity contribution >= 4 is 37.9 Å². The van der Waals surface area contributed by atoms with Crippen LogP contribution in [-0.4, -0.2) is 13.4 Å². The number of primary sulfonamides is 1. The first-order valence-electron chi connectivity index (χ1n) is 8.71. The fourth-order valence-electron chi connectivity index (χ4n) is 3.01. The first kappa shape index (κ1) is 18.7. The van der Waals surface area contributed by atoms with Gasteiger partial charge in [0, 0.05) is 16.3 Å². The first-order valence-corrected chi connectivity index (χ1v) is 10.3. The fourth-order valence-corrected chi connectivity index (χ4v) is 3.77. The molecule has 1 heterocycles. The maximum absolute atomic E-state index is 12.0. The standard InChI is InChI=1S/C21H17N5O2S/c22-21-17-9-5-4-8-16(17)20(29(23,27)28)12-19(21)26-25-15-10-11-18(24-13-15)14-6-2-1-3-7-14/h1-13H,22H2,(H2,23,27,28). The summed E-state index contributed by atoms with van der Waals surface area (Å²) in [7, 11) is -3.96. The Morgan fingerprint density at radius 1 is 0.828 bits per heavy atom. The predicted molar refractivity (Wildman–Crippen MR) is 114 cm³/mol. The molecule has 0 saturated heterocycles. The number of nitrogens with zero attached hydrogens (tertiary/aromatic N) is 3. The number of nitrogen functional groups attached to an aromatic ring is 1. The molecule has 0 amide bonds. The van der Waals surface area contributed by atoms with Crippen molar-refractivity contribution in [1.29, 1.82) is 0 Å². The van der Waals surface area contributed by atoms with Gasteiger partial charge in [-0.15, -0.1) is 10.2 Å². The van der Waals surface area contributed by atoms with E-state index in [0.717, 1.165) is 11.3 Å². The first-order chi connectivity index (χ1) is 13.9. The van der Waals surface area contributed by atoms with Crippen LogP contribution in [0, 0.1) is 0 Å². The van der Waals surface area contributed by atoms with E-state index in [9.17, 15) is 8.42 Å². The molecule has 0 aliphatic rings. The van der Waals surface area contributed by atoms with Crippen LogP contribution in [0.4, 0.5) is 17.1 Å². The van der Waals surface area contributed by atoms with E-state index in [1.807, 2.05) is 36.4 Å². The van der Waals surface area contributed by atoms with Gasteiger partial charge in [-0.25, -0.2) is 13.6 Å². The highest BCUT2D eigenvalue weighted by Crippen LogP contribution is 2.36. The number of anilines is 1. The zero-order valence-electron chi connectivity index (χ0n) is 15.2. The molecule has 0 saturated carbocycles. The molecule has 7 nitrogen and oxygen atoms in total. The van der Waals surface area contributed by atoms with Crippen molar-refractivity contribution in [3.8, 4) is 11.3 Å². The second kappa shape index (κ2) is 7.42. The average Bonchev–Trinajstić information content (AvgIpc) is 2.73. The van der Waals surface area contributed by atoms with Crippen molar-refractivity contribution in [1.82, 2.24) is 4.98 Å². The maximum atomic E-state index is 12.0. The van der Waals surface area contributed by atoms with Crippen molar-refractivity contribution in [2.45, 2.75) is 4.90 Å². The van der Waals surface area contributed by atoms with Crippen LogP contribution in [0.15, 0.2) is 94.1 Å². The summed E-state index contributed by atoms with van der Waals surface area (Å²) in [5, 5.41) is 14.7. The third kappa shape index (κ3) is 3.84. The van der Waals surface area contributed by atoms with E-state index >= 15 is 0 Å². The van der Waals surface area contributed by atoms with Crippen LogP contribution in [0.1, 0.15) is 0 Å². The molecular weight excluding hydrogens is 386 g/mol. The van der Waals surface area contributed by atoms with Crippen molar-refractivity contribution in [2.24, 2.45) is 15.4 Å². The van der Waals surface area contributed by atoms with Gasteiger partial charge in [-0.05, 0) is 18.2 Å². The van der Waals surface area contributed by atoms with Gasteiger partial charge in [-0.1, -0.05) is 54.6 Å². The summed E-state index contributed by atoms with van der Waals surface area (Å²) in [6, 6.07) is 21.6. The Bertz CT molecular complexity index is 1320. The lowest BCUT2D eigenvalue weighted by Gasteiger charge is -2.09. The molecule has 3 aromatic carbocycles. The second-order valence-electron chi connectivity index (χ2n) is 6.37. The van der Waals surface area contributed by atoms with Crippen molar-refractivity contribution in [3.63, 3.8) is 0 Å². The van der Waals surface area contributed by atoms with E-state index in [1.54, 1.807) is 36.5 Å². The Morgan fingerprint density at radius 3 is 2.17 bits per heavy atom. The molecule has 144 valence electrons. The summed E-state index contributed by atoms with van der Waals surface area (Å²) in [5.74, 6) is 0. The van der Waals surface area contributed by atoms with Crippen LogP contribution >= 0.6 is 0 Å². The molecule has 0 aliphatic heterocycles. The van der Waals surface area contributed by atoms with E-state index < -0.39 is 10.0 Å². The van der Waals surface area contributed by atoms with Crippen LogP contribution in [0.2, 0.25) is 0 Å². The summed E-state index contributed by atoms with van der Waals surface area (Å²) in [6.45, 7) is 0. The zero-order valence-corrected chi connectivity index (χ0v) is 16.0. The van der Waals surface area contributed by atoms with Gasteiger partial charge >= 0.3 is 0 Å². The minimum atomic E-state index is -3.96. The molecule has 0 bridgehead atoms. The quantitative estimate of drug-likeness (QED) is 0.383. The molecule has 8 heteroatoms. The third-order valence-electron chi connectivity index (χ3n) is 4.42. The Kier molecular flexibility index (Phi) is 4.79. The SMILES string of the molecule is Nc1c(N=Nc2ccc(-c3ccccc3)nc2)cc(S(N)(=O)=O)c2ccccc12.